The number of methoxy groups -OCH3 is 1. The van der Waals surface area contributed by atoms with Crippen LogP contribution in [0.5, 0.6) is 0 Å². The van der Waals surface area contributed by atoms with E-state index in [0.717, 1.165) is 12.8 Å². The number of ketones is 1. The Kier molecular flexibility index (Phi) is 8.10. The Hall–Kier alpha value is -2.36. The van der Waals surface area contributed by atoms with E-state index in [2.05, 4.69) is 49.9 Å². The molecule has 1 saturated heterocycles. The number of fused-ring (bicyclic) bond motifs is 1. The largest absolute Gasteiger partial charge is 0.390 e. The average molecular weight is 475 g/mol. The molecule has 9 heteroatoms. The summed E-state index contributed by atoms with van der Waals surface area (Å²) in [7, 11) is 1.55. The predicted octanol–water partition coefficient (Wildman–Crippen LogP) is 3.97. The van der Waals surface area contributed by atoms with E-state index in [1.807, 2.05) is 0 Å². The summed E-state index contributed by atoms with van der Waals surface area (Å²) in [6.07, 6.45) is 3.31. The molecule has 0 aromatic carbocycles. The topological polar surface area (TPSA) is 116 Å². The molecule has 3 rings (SSSR count). The second-order valence-electron chi connectivity index (χ2n) is 10.6. The highest BCUT2D eigenvalue weighted by Gasteiger charge is 2.37. The number of rotatable bonds is 9. The normalized spacial score (nSPS) is 22.6. The van der Waals surface area contributed by atoms with Gasteiger partial charge in [0.15, 0.2) is 5.78 Å². The van der Waals surface area contributed by atoms with Gasteiger partial charge in [-0.05, 0) is 24.7 Å². The van der Waals surface area contributed by atoms with Crippen molar-refractivity contribution in [3.05, 3.63) is 18.1 Å². The third-order valence-electron chi connectivity index (χ3n) is 6.58. The molecule has 34 heavy (non-hydrogen) atoms. The first-order valence-electron chi connectivity index (χ1n) is 12.0. The maximum Gasteiger partial charge on any atom is 0.228 e. The third kappa shape index (κ3) is 5.64. The van der Waals surface area contributed by atoms with Gasteiger partial charge in [-0.3, -0.25) is 9.59 Å². The summed E-state index contributed by atoms with van der Waals surface area (Å²) in [6, 6.07) is 0. The molecule has 3 unspecified atom stereocenters. The van der Waals surface area contributed by atoms with Crippen LogP contribution in [0.2, 0.25) is 0 Å². The molecule has 9 nitrogen and oxygen atoms in total. The summed E-state index contributed by atoms with van der Waals surface area (Å²) >= 11 is 0. The lowest BCUT2D eigenvalue weighted by atomic mass is 9.78. The summed E-state index contributed by atoms with van der Waals surface area (Å²) in [5.74, 6) is 0.0297. The lowest BCUT2D eigenvalue weighted by Crippen LogP contribution is -2.31. The number of nitrogens with zero attached hydrogens (tertiary/aromatic N) is 3. The van der Waals surface area contributed by atoms with Crippen molar-refractivity contribution in [2.75, 3.05) is 19.0 Å². The van der Waals surface area contributed by atoms with Crippen molar-refractivity contribution in [2.24, 2.45) is 17.3 Å². The second-order valence-corrected chi connectivity index (χ2v) is 10.6. The van der Waals surface area contributed by atoms with E-state index in [4.69, 9.17) is 9.47 Å². The van der Waals surface area contributed by atoms with Crippen LogP contribution >= 0.6 is 0 Å². The van der Waals surface area contributed by atoms with Crippen LogP contribution in [-0.4, -0.2) is 57.3 Å². The van der Waals surface area contributed by atoms with Gasteiger partial charge in [-0.25, -0.2) is 9.97 Å². The highest BCUT2D eigenvalue weighted by molar-refractivity contribution is 6.12. The molecule has 1 aliphatic rings. The zero-order valence-electron chi connectivity index (χ0n) is 21.3. The van der Waals surface area contributed by atoms with Crippen molar-refractivity contribution in [1.29, 1.82) is 0 Å². The van der Waals surface area contributed by atoms with E-state index in [1.165, 1.54) is 13.3 Å². The van der Waals surface area contributed by atoms with Crippen LogP contribution in [0.15, 0.2) is 12.5 Å². The molecule has 188 valence electrons. The van der Waals surface area contributed by atoms with Crippen molar-refractivity contribution in [1.82, 2.24) is 14.5 Å². The number of hydrogen-bond acceptors (Lipinski definition) is 7. The minimum Gasteiger partial charge on any atom is -0.390 e. The molecule has 0 spiro atoms. The SMILES string of the molecule is CCC(C)C(CC(C)(C)C)C(=O)Nc1ncnc2c1c(C(C)=O)cn2[C@H]1CC(O)[C@@H](COC)O1. The maximum atomic E-state index is 13.4. The van der Waals surface area contributed by atoms with Crippen molar-refractivity contribution >= 4 is 28.5 Å². The summed E-state index contributed by atoms with van der Waals surface area (Å²) in [5.41, 5.74) is 0.858. The lowest BCUT2D eigenvalue weighted by Gasteiger charge is -2.29. The van der Waals surface area contributed by atoms with Crippen molar-refractivity contribution in [3.63, 3.8) is 0 Å². The molecule has 2 aromatic heterocycles. The van der Waals surface area contributed by atoms with E-state index in [-0.39, 0.29) is 35.5 Å². The standard InChI is InChI=1S/C25H38N4O5/c1-8-14(2)16(10-25(4,5)6)24(32)28-22-21-17(15(3)30)11-29(23(21)27-13-26-22)20-9-18(31)19(34-20)12-33-7/h11,13-14,16,18-20,31H,8-10,12H2,1-7H3,(H,26,27,28,32)/t14?,16?,18?,19-,20-/m1/s1. The molecule has 0 aliphatic carbocycles. The highest BCUT2D eigenvalue weighted by Crippen LogP contribution is 2.36. The Labute approximate surface area is 201 Å². The van der Waals surface area contributed by atoms with Gasteiger partial charge < -0.3 is 24.5 Å². The van der Waals surface area contributed by atoms with Gasteiger partial charge in [0, 0.05) is 31.2 Å². The van der Waals surface area contributed by atoms with Crippen molar-refractivity contribution < 1.29 is 24.2 Å². The molecular weight excluding hydrogens is 436 g/mol. The van der Waals surface area contributed by atoms with E-state index in [9.17, 15) is 14.7 Å². The van der Waals surface area contributed by atoms with Crippen molar-refractivity contribution in [2.45, 2.75) is 79.2 Å². The number of aliphatic hydroxyl groups excluding tert-OH is 1. The quantitative estimate of drug-likeness (QED) is 0.528. The molecule has 1 fully saturated rings. The number of nitrogens with one attached hydrogen (secondary N) is 1. The number of Topliss-reactive ketones (excluding diaryl/α,β-unsaturated/α-hetero) is 1. The first-order valence-corrected chi connectivity index (χ1v) is 12.0. The molecule has 5 atom stereocenters. The molecular formula is C25H38N4O5. The molecule has 0 saturated carbocycles. The Balaban J connectivity index is 2.00. The highest BCUT2D eigenvalue weighted by atomic mass is 16.6. The van der Waals surface area contributed by atoms with Gasteiger partial charge in [-0.15, -0.1) is 0 Å². The monoisotopic (exact) mass is 474 g/mol. The van der Waals surface area contributed by atoms with E-state index in [0.29, 0.717) is 28.8 Å². The van der Waals surface area contributed by atoms with Crippen LogP contribution in [0, 0.1) is 17.3 Å². The fourth-order valence-electron chi connectivity index (χ4n) is 4.57. The van der Waals surface area contributed by atoms with E-state index >= 15 is 0 Å². The van der Waals surface area contributed by atoms with Crippen LogP contribution in [-0.2, 0) is 14.3 Å². The van der Waals surface area contributed by atoms with Crippen LogP contribution in [0.4, 0.5) is 5.82 Å². The molecule has 3 heterocycles. The van der Waals surface area contributed by atoms with Crippen LogP contribution in [0.3, 0.4) is 0 Å². The lowest BCUT2D eigenvalue weighted by molar-refractivity contribution is -0.122. The maximum absolute atomic E-state index is 13.4. The first-order chi connectivity index (χ1) is 16.0. The average Bonchev–Trinajstić information content (AvgIpc) is 3.32. The Morgan fingerprint density at radius 1 is 1.35 bits per heavy atom. The Morgan fingerprint density at radius 3 is 2.65 bits per heavy atom. The predicted molar refractivity (Wildman–Crippen MR) is 130 cm³/mol. The van der Waals surface area contributed by atoms with Gasteiger partial charge in [-0.2, -0.15) is 0 Å². The molecule has 1 amide bonds. The number of aliphatic hydroxyl groups is 1. The number of carbonyl (C=O) groups is 2. The van der Waals surface area contributed by atoms with Crippen molar-refractivity contribution in [3.8, 4) is 0 Å². The fourth-order valence-corrected chi connectivity index (χ4v) is 4.57. The Morgan fingerprint density at radius 2 is 2.06 bits per heavy atom. The molecule has 2 aromatic rings. The van der Waals surface area contributed by atoms with Gasteiger partial charge in [0.05, 0.1) is 18.1 Å². The summed E-state index contributed by atoms with van der Waals surface area (Å²) < 4.78 is 12.9. The minimum atomic E-state index is -0.696. The van der Waals surface area contributed by atoms with Gasteiger partial charge >= 0.3 is 0 Å². The number of ether oxygens (including phenoxy) is 2. The summed E-state index contributed by atoms with van der Waals surface area (Å²) in [4.78, 5) is 34.7. The fraction of sp³-hybridized carbons (Fsp3) is 0.680. The smallest absolute Gasteiger partial charge is 0.228 e. The summed E-state index contributed by atoms with van der Waals surface area (Å²) in [6.45, 7) is 12.3. The number of aromatic nitrogens is 3. The third-order valence-corrected chi connectivity index (χ3v) is 6.58. The number of anilines is 1. The molecule has 0 radical (unpaired) electrons. The Bertz CT molecular complexity index is 1030. The van der Waals surface area contributed by atoms with Crippen LogP contribution < -0.4 is 5.32 Å². The number of hydrogen-bond donors (Lipinski definition) is 2. The zero-order chi connectivity index (χ0) is 25.2. The number of carbonyl (C=O) groups excluding carboxylic acids is 2. The molecule has 0 bridgehead atoms. The molecule has 2 N–H and O–H groups in total. The van der Waals surface area contributed by atoms with Gasteiger partial charge in [0.1, 0.15) is 30.1 Å². The minimum absolute atomic E-state index is 0.0142. The second kappa shape index (κ2) is 10.5. The van der Waals surface area contributed by atoms with Gasteiger partial charge in [0.25, 0.3) is 0 Å². The van der Waals surface area contributed by atoms with Gasteiger partial charge in [-0.1, -0.05) is 41.0 Å². The zero-order valence-corrected chi connectivity index (χ0v) is 21.3. The van der Waals surface area contributed by atoms with Crippen LogP contribution in [0.1, 0.15) is 77.4 Å². The first kappa shape index (κ1) is 26.2. The van der Waals surface area contributed by atoms with E-state index in [1.54, 1.807) is 17.9 Å². The summed E-state index contributed by atoms with van der Waals surface area (Å²) in [5, 5.41) is 13.8. The van der Waals surface area contributed by atoms with Crippen LogP contribution in [0.25, 0.3) is 11.0 Å². The number of amides is 1. The van der Waals surface area contributed by atoms with E-state index < -0.39 is 18.4 Å². The molecule has 1 aliphatic heterocycles. The van der Waals surface area contributed by atoms with Gasteiger partial charge in [0.2, 0.25) is 5.91 Å².